The largest absolute Gasteiger partial charge is 0.457 e. The van der Waals surface area contributed by atoms with Gasteiger partial charge in [-0.15, -0.1) is 0 Å². The van der Waals surface area contributed by atoms with Gasteiger partial charge in [-0.2, -0.15) is 0 Å². The molecule has 0 fully saturated rings. The van der Waals surface area contributed by atoms with Gasteiger partial charge in [0.15, 0.2) is 0 Å². The average molecular weight is 1260 g/mol. The van der Waals surface area contributed by atoms with Crippen LogP contribution in [0.15, 0.2) is 339 Å². The van der Waals surface area contributed by atoms with Gasteiger partial charge in [-0.05, 0) is 157 Å². The van der Waals surface area contributed by atoms with Crippen molar-refractivity contribution in [2.24, 2.45) is 5.73 Å². The molecule has 2 spiro atoms. The molecule has 2 unspecified atom stereocenters. The number of para-hydroxylation sites is 5. The highest BCUT2D eigenvalue weighted by Crippen LogP contribution is 2.73. The summed E-state index contributed by atoms with van der Waals surface area (Å²) < 4.78 is 7.76. The third kappa shape index (κ3) is 8.21. The Kier molecular flexibility index (Phi) is 12.7. The molecule has 6 heteroatoms. The molecule has 98 heavy (non-hydrogen) atoms. The lowest BCUT2D eigenvalue weighted by Crippen LogP contribution is -2.52. The molecule has 2 atom stereocenters. The van der Waals surface area contributed by atoms with E-state index in [1.165, 1.54) is 5.56 Å². The quantitative estimate of drug-likeness (QED) is 0.172. The molecule has 468 valence electrons. The maximum Gasteiger partial charge on any atom is 0.134 e. The van der Waals surface area contributed by atoms with E-state index in [0.29, 0.717) is 5.82 Å². The molecule has 13 aromatic rings. The zero-order valence-electron chi connectivity index (χ0n) is 55.0. The minimum atomic E-state index is -1.06. The number of allylic oxidation sites excluding steroid dienone is 4. The van der Waals surface area contributed by atoms with Gasteiger partial charge in [0.2, 0.25) is 0 Å². The standard InChI is InChI=1S/C92H69N5O/c1-59-56-84(93)96-76-39-21-20-38-72(76)92(73-50-46-65(60-26-10-5-11-27-60)57-80(73)94(68-34-18-9-19-35-68)81-58-66(47-51-74(81)92)61-28-12-6-13-29-61)75-52-53-83-86(88(75)96)91(55-54-69(59)64-44-48-67(49-45-64)90(2,3)4)85-79(42-25-43-82(85)98-83)95-77-40-22-23-41-78(77)97(89(91)95)87-70(62-30-14-7-15-31-62)36-24-37-71(87)63-32-16-8-17-33-63/h5-58,89H,93H2,1-4H3. The van der Waals surface area contributed by atoms with Crippen molar-refractivity contribution >= 4 is 56.8 Å². The lowest BCUT2D eigenvalue weighted by molar-refractivity contribution is 0.409. The molecule has 6 nitrogen and oxygen atoms in total. The van der Waals surface area contributed by atoms with Crippen LogP contribution in [0.5, 0.6) is 11.5 Å². The van der Waals surface area contributed by atoms with Crippen molar-refractivity contribution in [3.8, 4) is 56.0 Å². The first-order valence-corrected chi connectivity index (χ1v) is 34.1. The highest BCUT2D eigenvalue weighted by atomic mass is 16.5. The number of hydrogen-bond acceptors (Lipinski definition) is 6. The summed E-state index contributed by atoms with van der Waals surface area (Å²) in [6, 6.07) is 115. The summed E-state index contributed by atoms with van der Waals surface area (Å²) in [4.78, 5) is 10.3. The number of nitrogens with two attached hydrogens (primary N) is 1. The summed E-state index contributed by atoms with van der Waals surface area (Å²) in [6.45, 7) is 9.09. The molecule has 6 aliphatic rings. The van der Waals surface area contributed by atoms with Crippen LogP contribution in [0.1, 0.15) is 72.2 Å². The van der Waals surface area contributed by atoms with Crippen molar-refractivity contribution in [3.63, 3.8) is 0 Å². The van der Waals surface area contributed by atoms with E-state index in [1.807, 2.05) is 0 Å². The van der Waals surface area contributed by atoms with Gasteiger partial charge in [0.25, 0.3) is 0 Å². The molecule has 0 saturated carbocycles. The molecular formula is C92H69N5O. The molecular weight excluding hydrogens is 1190 g/mol. The highest BCUT2D eigenvalue weighted by Gasteiger charge is 2.65. The summed E-state index contributed by atoms with van der Waals surface area (Å²) >= 11 is 0. The van der Waals surface area contributed by atoms with Crippen molar-refractivity contribution in [2.75, 3.05) is 19.6 Å². The summed E-state index contributed by atoms with van der Waals surface area (Å²) in [5.74, 6) is 2.17. The van der Waals surface area contributed by atoms with Crippen LogP contribution in [-0.4, -0.2) is 6.17 Å². The summed E-state index contributed by atoms with van der Waals surface area (Å²) in [5.41, 5.74) is 35.9. The van der Waals surface area contributed by atoms with Crippen LogP contribution in [0, 0.1) is 0 Å². The Balaban J connectivity index is 0.989. The van der Waals surface area contributed by atoms with E-state index in [2.05, 4.69) is 375 Å². The fourth-order valence-corrected chi connectivity index (χ4v) is 17.3. The van der Waals surface area contributed by atoms with Crippen LogP contribution >= 0.6 is 0 Å². The highest BCUT2D eigenvalue weighted by molar-refractivity contribution is 6.05. The predicted octanol–water partition coefficient (Wildman–Crippen LogP) is 23.1. The van der Waals surface area contributed by atoms with E-state index < -0.39 is 17.0 Å². The minimum absolute atomic E-state index is 0.0487. The van der Waals surface area contributed by atoms with E-state index in [0.717, 1.165) is 157 Å². The van der Waals surface area contributed by atoms with Crippen molar-refractivity contribution in [2.45, 2.75) is 50.1 Å². The van der Waals surface area contributed by atoms with Crippen LogP contribution in [0.3, 0.4) is 0 Å². The van der Waals surface area contributed by atoms with Gasteiger partial charge in [-0.3, -0.25) is 4.90 Å². The van der Waals surface area contributed by atoms with Gasteiger partial charge < -0.3 is 25.2 Å². The van der Waals surface area contributed by atoms with E-state index in [1.54, 1.807) is 0 Å². The first-order valence-electron chi connectivity index (χ1n) is 34.1. The third-order valence-corrected chi connectivity index (χ3v) is 21.5. The van der Waals surface area contributed by atoms with Crippen molar-refractivity contribution in [1.82, 2.24) is 0 Å². The maximum atomic E-state index is 8.27. The molecule has 2 N–H and O–H groups in total. The van der Waals surface area contributed by atoms with Crippen molar-refractivity contribution in [1.29, 1.82) is 0 Å². The van der Waals surface area contributed by atoms with Crippen LogP contribution in [-0.2, 0) is 16.2 Å². The lowest BCUT2D eigenvalue weighted by Gasteiger charge is -2.53. The second-order valence-electron chi connectivity index (χ2n) is 27.8. The second kappa shape index (κ2) is 21.7. The lowest BCUT2D eigenvalue weighted by atomic mass is 9.58. The van der Waals surface area contributed by atoms with Crippen LogP contribution < -0.4 is 30.1 Å². The zero-order chi connectivity index (χ0) is 65.6. The van der Waals surface area contributed by atoms with Crippen LogP contribution in [0.2, 0.25) is 0 Å². The Morgan fingerprint density at radius 1 is 0.378 bits per heavy atom. The number of ether oxygens (including phenoxy) is 1. The summed E-state index contributed by atoms with van der Waals surface area (Å²) in [7, 11) is 0. The normalized spacial score (nSPS) is 17.0. The predicted molar refractivity (Wildman–Crippen MR) is 404 cm³/mol. The van der Waals surface area contributed by atoms with Crippen molar-refractivity contribution in [3.05, 3.63) is 384 Å². The fraction of sp³-hybridized carbons (Fsp3) is 0.0870. The van der Waals surface area contributed by atoms with Crippen molar-refractivity contribution < 1.29 is 4.74 Å². The average Bonchev–Trinajstić information content (AvgIpc) is 1.28. The van der Waals surface area contributed by atoms with Gasteiger partial charge in [-0.25, -0.2) is 0 Å². The fourth-order valence-electron chi connectivity index (χ4n) is 17.3. The summed E-state index contributed by atoms with van der Waals surface area (Å²) in [6.07, 6.45) is 6.76. The SMILES string of the molecule is CC1=C(c2ccc(C(C)(C)C)cc2)C=CC23c4c(cccc4N4c5ccccc5N(c5c(-c6ccccc6)cccc5-c5ccccc5)C42)Oc2ccc4c(c23)N(C(N)=C1)c1ccccc1C41c2ccc(-c3ccccc3)cc2N(c2ccccc2)c2cc(-c3ccccc3)ccc21. The zero-order valence-corrected chi connectivity index (χ0v) is 55.0. The molecule has 6 heterocycles. The Labute approximate surface area is 573 Å². The molecule has 0 aliphatic carbocycles. The molecule has 6 aliphatic heterocycles. The minimum Gasteiger partial charge on any atom is -0.457 e. The van der Waals surface area contributed by atoms with Crippen LogP contribution in [0.25, 0.3) is 50.1 Å². The number of fused-ring (bicyclic) bond motifs is 12. The molecule has 0 aromatic heterocycles. The number of hydrogen-bond donors (Lipinski definition) is 1. The van der Waals surface area contributed by atoms with E-state index in [-0.39, 0.29) is 5.41 Å². The second-order valence-corrected chi connectivity index (χ2v) is 27.8. The van der Waals surface area contributed by atoms with Crippen LogP contribution in [0.4, 0.5) is 51.2 Å². The molecule has 19 rings (SSSR count). The first-order chi connectivity index (χ1) is 48.1. The third-order valence-electron chi connectivity index (χ3n) is 21.5. The number of anilines is 9. The Morgan fingerprint density at radius 3 is 1.45 bits per heavy atom. The Bertz CT molecular complexity index is 5350. The summed E-state index contributed by atoms with van der Waals surface area (Å²) in [5, 5.41) is 0. The number of nitrogens with zero attached hydrogens (tertiary/aromatic N) is 4. The van der Waals surface area contributed by atoms with E-state index in [9.17, 15) is 0 Å². The Hall–Kier alpha value is -12.1. The Morgan fingerprint density at radius 2 is 0.857 bits per heavy atom. The molecule has 0 saturated heterocycles. The maximum absolute atomic E-state index is 8.27. The van der Waals surface area contributed by atoms with Gasteiger partial charge in [0.05, 0.1) is 56.3 Å². The molecule has 0 bridgehead atoms. The van der Waals surface area contributed by atoms with Gasteiger partial charge in [-0.1, -0.05) is 282 Å². The topological polar surface area (TPSA) is 48.2 Å². The monoisotopic (exact) mass is 1260 g/mol. The first kappa shape index (κ1) is 57.3. The van der Waals surface area contributed by atoms with E-state index >= 15 is 0 Å². The van der Waals surface area contributed by atoms with Gasteiger partial charge >= 0.3 is 0 Å². The smallest absolute Gasteiger partial charge is 0.134 e. The van der Waals surface area contributed by atoms with E-state index in [4.69, 9.17) is 10.5 Å². The number of rotatable bonds is 7. The molecule has 0 amide bonds. The van der Waals surface area contributed by atoms with Gasteiger partial charge in [0.1, 0.15) is 23.5 Å². The van der Waals surface area contributed by atoms with Gasteiger partial charge in [0, 0.05) is 27.9 Å². The molecule has 13 aromatic carbocycles. The number of benzene rings is 13. The molecule has 0 radical (unpaired) electrons.